The number of aryl methyl sites for hydroxylation is 2. The van der Waals surface area contributed by atoms with E-state index < -0.39 is 0 Å². The second-order valence-electron chi connectivity index (χ2n) is 5.01. The fourth-order valence-electron chi connectivity index (χ4n) is 2.03. The standard InChI is InChI=1S/C17H20N2O/c1-12-6-7-16(8-13(12)2)17(20)19-11-15-5-3-4-14(9-15)10-18/h3-9H,10-11,18H2,1-2H3,(H,19,20). The molecule has 0 aliphatic rings. The highest BCUT2D eigenvalue weighted by atomic mass is 16.1. The van der Waals surface area contributed by atoms with Crippen LogP contribution in [0.15, 0.2) is 42.5 Å². The first-order valence-electron chi connectivity index (χ1n) is 6.73. The lowest BCUT2D eigenvalue weighted by Crippen LogP contribution is -2.23. The van der Waals surface area contributed by atoms with Crippen LogP contribution in [0.3, 0.4) is 0 Å². The van der Waals surface area contributed by atoms with Gasteiger partial charge in [-0.15, -0.1) is 0 Å². The Morgan fingerprint density at radius 2 is 1.80 bits per heavy atom. The molecule has 3 nitrogen and oxygen atoms in total. The molecule has 0 radical (unpaired) electrons. The van der Waals surface area contributed by atoms with Gasteiger partial charge in [0.25, 0.3) is 5.91 Å². The molecular weight excluding hydrogens is 248 g/mol. The summed E-state index contributed by atoms with van der Waals surface area (Å²) in [5.74, 6) is -0.0498. The summed E-state index contributed by atoms with van der Waals surface area (Å²) in [5.41, 5.74) is 10.8. The van der Waals surface area contributed by atoms with E-state index in [1.54, 1.807) is 0 Å². The summed E-state index contributed by atoms with van der Waals surface area (Å²) in [6.45, 7) is 5.07. The zero-order chi connectivity index (χ0) is 14.5. The van der Waals surface area contributed by atoms with Crippen molar-refractivity contribution in [3.63, 3.8) is 0 Å². The van der Waals surface area contributed by atoms with Gasteiger partial charge in [0.2, 0.25) is 0 Å². The van der Waals surface area contributed by atoms with Crippen molar-refractivity contribution >= 4 is 5.91 Å². The zero-order valence-electron chi connectivity index (χ0n) is 11.9. The van der Waals surface area contributed by atoms with Crippen LogP contribution in [-0.2, 0) is 13.1 Å². The van der Waals surface area contributed by atoms with Crippen LogP contribution < -0.4 is 11.1 Å². The van der Waals surface area contributed by atoms with Crippen LogP contribution in [0.25, 0.3) is 0 Å². The maximum absolute atomic E-state index is 12.1. The fraction of sp³-hybridized carbons (Fsp3) is 0.235. The molecule has 0 unspecified atom stereocenters. The highest BCUT2D eigenvalue weighted by molar-refractivity contribution is 5.94. The normalized spacial score (nSPS) is 10.3. The molecule has 0 fully saturated rings. The maximum Gasteiger partial charge on any atom is 0.251 e. The van der Waals surface area contributed by atoms with Crippen LogP contribution in [0.2, 0.25) is 0 Å². The molecule has 2 rings (SSSR count). The summed E-state index contributed by atoms with van der Waals surface area (Å²) in [4.78, 5) is 12.1. The van der Waals surface area contributed by atoms with E-state index in [1.165, 1.54) is 5.56 Å². The van der Waals surface area contributed by atoms with E-state index in [0.29, 0.717) is 18.7 Å². The van der Waals surface area contributed by atoms with E-state index >= 15 is 0 Å². The van der Waals surface area contributed by atoms with Crippen LogP contribution in [0.1, 0.15) is 32.6 Å². The Labute approximate surface area is 119 Å². The number of amides is 1. The van der Waals surface area contributed by atoms with Crippen molar-refractivity contribution in [2.45, 2.75) is 26.9 Å². The van der Waals surface area contributed by atoms with Gasteiger partial charge >= 0.3 is 0 Å². The molecule has 104 valence electrons. The Morgan fingerprint density at radius 1 is 1.05 bits per heavy atom. The minimum atomic E-state index is -0.0498. The van der Waals surface area contributed by atoms with E-state index in [4.69, 9.17) is 5.73 Å². The molecule has 20 heavy (non-hydrogen) atoms. The summed E-state index contributed by atoms with van der Waals surface area (Å²) in [6.07, 6.45) is 0. The highest BCUT2D eigenvalue weighted by Crippen LogP contribution is 2.10. The molecule has 0 heterocycles. The average Bonchev–Trinajstić information content (AvgIpc) is 2.47. The van der Waals surface area contributed by atoms with Crippen LogP contribution in [0, 0.1) is 13.8 Å². The molecule has 3 N–H and O–H groups in total. The molecule has 0 bridgehead atoms. The first-order chi connectivity index (χ1) is 9.60. The summed E-state index contributed by atoms with van der Waals surface area (Å²) in [6, 6.07) is 13.7. The number of hydrogen-bond acceptors (Lipinski definition) is 2. The van der Waals surface area contributed by atoms with Gasteiger partial charge in [-0.1, -0.05) is 30.3 Å². The molecule has 0 saturated heterocycles. The number of nitrogens with one attached hydrogen (secondary N) is 1. The number of carbonyl (C=O) groups is 1. The van der Waals surface area contributed by atoms with Crippen molar-refractivity contribution in [3.8, 4) is 0 Å². The number of carbonyl (C=O) groups excluding carboxylic acids is 1. The predicted octanol–water partition coefficient (Wildman–Crippen LogP) is 2.69. The topological polar surface area (TPSA) is 55.1 Å². The predicted molar refractivity (Wildman–Crippen MR) is 81.4 cm³/mol. The van der Waals surface area contributed by atoms with Gasteiger partial charge in [0.1, 0.15) is 0 Å². The van der Waals surface area contributed by atoms with Gasteiger partial charge in [0.05, 0.1) is 0 Å². The Morgan fingerprint density at radius 3 is 2.50 bits per heavy atom. The van der Waals surface area contributed by atoms with Crippen LogP contribution >= 0.6 is 0 Å². The molecule has 0 saturated carbocycles. The number of benzene rings is 2. The zero-order valence-corrected chi connectivity index (χ0v) is 11.9. The van der Waals surface area contributed by atoms with E-state index in [1.807, 2.05) is 56.3 Å². The van der Waals surface area contributed by atoms with Crippen molar-refractivity contribution in [1.29, 1.82) is 0 Å². The van der Waals surface area contributed by atoms with Gasteiger partial charge in [-0.2, -0.15) is 0 Å². The lowest BCUT2D eigenvalue weighted by atomic mass is 10.1. The summed E-state index contributed by atoms with van der Waals surface area (Å²) < 4.78 is 0. The van der Waals surface area contributed by atoms with Crippen molar-refractivity contribution in [2.24, 2.45) is 5.73 Å². The number of rotatable bonds is 4. The molecule has 3 heteroatoms. The molecule has 2 aromatic carbocycles. The summed E-state index contributed by atoms with van der Waals surface area (Å²) in [7, 11) is 0. The molecule has 0 atom stereocenters. The SMILES string of the molecule is Cc1ccc(C(=O)NCc2cccc(CN)c2)cc1C. The van der Waals surface area contributed by atoms with Gasteiger partial charge < -0.3 is 11.1 Å². The fourth-order valence-corrected chi connectivity index (χ4v) is 2.03. The van der Waals surface area contributed by atoms with Gasteiger partial charge in [-0.05, 0) is 48.2 Å². The van der Waals surface area contributed by atoms with E-state index in [9.17, 15) is 4.79 Å². The third-order valence-corrected chi connectivity index (χ3v) is 3.45. The maximum atomic E-state index is 12.1. The van der Waals surface area contributed by atoms with Crippen LogP contribution in [0.5, 0.6) is 0 Å². The van der Waals surface area contributed by atoms with E-state index in [2.05, 4.69) is 5.32 Å². The van der Waals surface area contributed by atoms with E-state index in [-0.39, 0.29) is 5.91 Å². The molecular formula is C17H20N2O. The molecule has 0 aromatic heterocycles. The Kier molecular flexibility index (Phi) is 4.53. The summed E-state index contributed by atoms with van der Waals surface area (Å²) >= 11 is 0. The number of hydrogen-bond donors (Lipinski definition) is 2. The molecule has 0 aliphatic carbocycles. The lowest BCUT2D eigenvalue weighted by molar-refractivity contribution is 0.0951. The second-order valence-corrected chi connectivity index (χ2v) is 5.01. The van der Waals surface area contributed by atoms with Crippen molar-refractivity contribution in [2.75, 3.05) is 0 Å². The average molecular weight is 268 g/mol. The molecule has 0 aliphatic heterocycles. The third-order valence-electron chi connectivity index (χ3n) is 3.45. The van der Waals surface area contributed by atoms with Gasteiger partial charge in [0.15, 0.2) is 0 Å². The largest absolute Gasteiger partial charge is 0.348 e. The van der Waals surface area contributed by atoms with Crippen molar-refractivity contribution < 1.29 is 4.79 Å². The first kappa shape index (κ1) is 14.3. The smallest absolute Gasteiger partial charge is 0.251 e. The number of nitrogens with two attached hydrogens (primary N) is 1. The Balaban J connectivity index is 2.02. The molecule has 2 aromatic rings. The minimum absolute atomic E-state index is 0.0498. The molecule has 1 amide bonds. The van der Waals surface area contributed by atoms with Crippen LogP contribution in [-0.4, -0.2) is 5.91 Å². The lowest BCUT2D eigenvalue weighted by Gasteiger charge is -2.08. The van der Waals surface area contributed by atoms with Gasteiger partial charge in [-0.3, -0.25) is 4.79 Å². The quantitative estimate of drug-likeness (QED) is 0.895. The van der Waals surface area contributed by atoms with Gasteiger partial charge in [-0.25, -0.2) is 0 Å². The Bertz CT molecular complexity index is 620. The Hall–Kier alpha value is -2.13. The summed E-state index contributed by atoms with van der Waals surface area (Å²) in [5, 5.41) is 2.93. The minimum Gasteiger partial charge on any atom is -0.348 e. The van der Waals surface area contributed by atoms with Crippen LogP contribution in [0.4, 0.5) is 0 Å². The third kappa shape index (κ3) is 3.45. The van der Waals surface area contributed by atoms with Gasteiger partial charge in [0, 0.05) is 18.7 Å². The van der Waals surface area contributed by atoms with Crippen molar-refractivity contribution in [3.05, 3.63) is 70.3 Å². The molecule has 0 spiro atoms. The van der Waals surface area contributed by atoms with E-state index in [0.717, 1.165) is 16.7 Å². The first-order valence-corrected chi connectivity index (χ1v) is 6.73. The second kappa shape index (κ2) is 6.35. The van der Waals surface area contributed by atoms with Crippen molar-refractivity contribution in [1.82, 2.24) is 5.32 Å². The monoisotopic (exact) mass is 268 g/mol. The highest BCUT2D eigenvalue weighted by Gasteiger charge is 2.06.